The molecule has 0 aliphatic rings. The van der Waals surface area contributed by atoms with Crippen molar-refractivity contribution in [3.63, 3.8) is 0 Å². The van der Waals surface area contributed by atoms with Gasteiger partial charge in [0.05, 0.1) is 0 Å². The van der Waals surface area contributed by atoms with Crippen molar-refractivity contribution in [2.24, 2.45) is 0 Å². The van der Waals surface area contributed by atoms with Crippen molar-refractivity contribution in [2.45, 2.75) is 20.8 Å². The van der Waals surface area contributed by atoms with E-state index in [4.69, 9.17) is 14.0 Å². The van der Waals surface area contributed by atoms with Gasteiger partial charge in [0.15, 0.2) is 0 Å². The Labute approximate surface area is 91.2 Å². The Morgan fingerprint density at radius 1 is 0.818 bits per heavy atom. The summed E-state index contributed by atoms with van der Waals surface area (Å²) < 4.78 is 15.5. The predicted octanol–water partition coefficient (Wildman–Crippen LogP) is -2.18. The van der Waals surface area contributed by atoms with E-state index in [0.717, 1.165) is 0 Å². The maximum Gasteiger partial charge on any atom is 1.00 e. The smallest absolute Gasteiger partial charge is 0.547 e. The van der Waals surface area contributed by atoms with Gasteiger partial charge in [0.1, 0.15) is 0 Å². The van der Waals surface area contributed by atoms with E-state index in [0.29, 0.717) is 19.8 Å². The van der Waals surface area contributed by atoms with Gasteiger partial charge in [-0.15, -0.1) is 0 Å². The molecular formula is C6H16BNaO3. The van der Waals surface area contributed by atoms with Gasteiger partial charge in [0.2, 0.25) is 0 Å². The molecule has 0 aromatic heterocycles. The van der Waals surface area contributed by atoms with Crippen molar-refractivity contribution < 1.29 is 43.5 Å². The van der Waals surface area contributed by atoms with Crippen molar-refractivity contribution in [1.29, 1.82) is 0 Å². The van der Waals surface area contributed by atoms with Crippen LogP contribution in [0.4, 0.5) is 0 Å². The van der Waals surface area contributed by atoms with Crippen LogP contribution in [0, 0.1) is 0 Å². The molecule has 11 heavy (non-hydrogen) atoms. The van der Waals surface area contributed by atoms with Gasteiger partial charge < -0.3 is 14.0 Å². The zero-order valence-corrected chi connectivity index (χ0v) is 10.1. The molecule has 3 nitrogen and oxygen atoms in total. The second-order valence-electron chi connectivity index (χ2n) is 1.83. The average molecular weight is 170 g/mol. The van der Waals surface area contributed by atoms with E-state index in [1.807, 2.05) is 20.8 Å². The van der Waals surface area contributed by atoms with E-state index in [9.17, 15) is 0 Å². The largest absolute Gasteiger partial charge is 1.00 e. The topological polar surface area (TPSA) is 27.7 Å². The number of hydrogen-bond donors (Lipinski definition) is 0. The fourth-order valence-corrected chi connectivity index (χ4v) is 0.677. The van der Waals surface area contributed by atoms with Crippen LogP contribution < -0.4 is 29.6 Å². The molecule has 0 heterocycles. The fourth-order valence-electron chi connectivity index (χ4n) is 0.677. The minimum absolute atomic E-state index is 0. The van der Waals surface area contributed by atoms with Crippen LogP contribution in [-0.2, 0) is 14.0 Å². The second-order valence-corrected chi connectivity index (χ2v) is 1.83. The molecule has 0 amide bonds. The normalized spacial score (nSPS) is 9.82. The van der Waals surface area contributed by atoms with Crippen molar-refractivity contribution in [3.8, 4) is 0 Å². The molecule has 62 valence electrons. The van der Waals surface area contributed by atoms with E-state index in [2.05, 4.69) is 0 Å². The molecule has 0 saturated carbocycles. The summed E-state index contributed by atoms with van der Waals surface area (Å²) in [5.74, 6) is 0. The van der Waals surface area contributed by atoms with Crippen LogP contribution >= 0.6 is 0 Å². The summed E-state index contributed by atoms with van der Waals surface area (Å²) in [5, 5.41) is 0. The molecule has 0 spiro atoms. The van der Waals surface area contributed by atoms with Gasteiger partial charge in [0, 0.05) is 0 Å². The van der Waals surface area contributed by atoms with Crippen LogP contribution in [0.5, 0.6) is 0 Å². The maximum atomic E-state index is 5.16. The van der Waals surface area contributed by atoms with Crippen molar-refractivity contribution >= 4 is 7.32 Å². The third-order valence-electron chi connectivity index (χ3n) is 1.11. The Bertz CT molecular complexity index is 60.6. The minimum Gasteiger partial charge on any atom is -0.547 e. The Kier molecular flexibility index (Phi) is 14.4. The molecule has 0 unspecified atom stereocenters. The summed E-state index contributed by atoms with van der Waals surface area (Å²) in [6, 6.07) is 0. The molecule has 0 aliphatic heterocycles. The first kappa shape index (κ1) is 14.5. The van der Waals surface area contributed by atoms with E-state index in [1.54, 1.807) is 0 Å². The molecule has 0 aliphatic carbocycles. The van der Waals surface area contributed by atoms with Gasteiger partial charge in [0.25, 0.3) is 0 Å². The molecule has 5 heteroatoms. The fraction of sp³-hybridized carbons (Fsp3) is 1.00. The van der Waals surface area contributed by atoms with Crippen molar-refractivity contribution in [3.05, 3.63) is 0 Å². The molecule has 0 N–H and O–H groups in total. The molecule has 0 aromatic rings. The van der Waals surface area contributed by atoms with Crippen LogP contribution in [-0.4, -0.2) is 27.1 Å². The maximum absolute atomic E-state index is 5.16. The summed E-state index contributed by atoms with van der Waals surface area (Å²) in [6.45, 7) is 7.74. The van der Waals surface area contributed by atoms with Gasteiger partial charge in [-0.05, 0) is 40.6 Å². The van der Waals surface area contributed by atoms with E-state index >= 15 is 0 Å². The summed E-state index contributed by atoms with van der Waals surface area (Å²) in [7, 11) is -1.23. The second kappa shape index (κ2) is 10.9. The first-order valence-corrected chi connectivity index (χ1v) is 3.85. The summed E-state index contributed by atoms with van der Waals surface area (Å²) in [4.78, 5) is 0. The van der Waals surface area contributed by atoms with Crippen LogP contribution in [0.1, 0.15) is 20.8 Å². The quantitative estimate of drug-likeness (QED) is 0.424. The monoisotopic (exact) mass is 170 g/mol. The molecule has 0 bridgehead atoms. The molecular weight excluding hydrogens is 154 g/mol. The van der Waals surface area contributed by atoms with Crippen LogP contribution in [0.15, 0.2) is 0 Å². The van der Waals surface area contributed by atoms with E-state index < -0.39 is 7.32 Å². The molecule has 0 radical (unpaired) electrons. The summed E-state index contributed by atoms with van der Waals surface area (Å²) in [6.07, 6.45) is 0. The average Bonchev–Trinajstić information content (AvgIpc) is 1.90. The third kappa shape index (κ3) is 8.85. The first-order chi connectivity index (χ1) is 4.85. The van der Waals surface area contributed by atoms with Gasteiger partial charge in [-0.2, -0.15) is 0 Å². The van der Waals surface area contributed by atoms with Gasteiger partial charge in [-0.1, -0.05) is 0 Å². The zero-order valence-electron chi connectivity index (χ0n) is 8.05. The third-order valence-corrected chi connectivity index (χ3v) is 1.11. The number of hydrogen-bond acceptors (Lipinski definition) is 3. The van der Waals surface area contributed by atoms with Crippen molar-refractivity contribution in [1.82, 2.24) is 0 Å². The Morgan fingerprint density at radius 2 is 1.09 bits per heavy atom. The molecule has 0 fully saturated rings. The first-order valence-electron chi connectivity index (χ1n) is 3.85. The van der Waals surface area contributed by atoms with Gasteiger partial charge in [-0.25, -0.2) is 0 Å². The predicted molar refractivity (Wildman–Crippen MR) is 42.0 cm³/mol. The molecule has 0 rings (SSSR count). The van der Waals surface area contributed by atoms with Crippen LogP contribution in [0.25, 0.3) is 0 Å². The summed E-state index contributed by atoms with van der Waals surface area (Å²) >= 11 is 0. The Hall–Kier alpha value is 0.945. The molecule has 0 atom stereocenters. The Morgan fingerprint density at radius 3 is 1.27 bits per heavy atom. The Balaban J connectivity index is 0. The van der Waals surface area contributed by atoms with Gasteiger partial charge in [-0.3, -0.25) is 0 Å². The standard InChI is InChI=1S/C6H16BO3.Na/c1-4-8-7(9-5-2)10-6-3;/h7H,4-6H2,1-3H3;/q-1;+1. The minimum atomic E-state index is -1.23. The van der Waals surface area contributed by atoms with Gasteiger partial charge >= 0.3 is 36.9 Å². The number of rotatable bonds is 6. The van der Waals surface area contributed by atoms with E-state index in [1.165, 1.54) is 0 Å². The summed E-state index contributed by atoms with van der Waals surface area (Å²) in [5.41, 5.74) is 0. The van der Waals surface area contributed by atoms with E-state index in [-0.39, 0.29) is 29.6 Å². The van der Waals surface area contributed by atoms with Crippen LogP contribution in [0.2, 0.25) is 0 Å². The molecule has 0 aromatic carbocycles. The molecule has 0 saturated heterocycles. The van der Waals surface area contributed by atoms with Crippen LogP contribution in [0.3, 0.4) is 0 Å². The SMILES string of the molecule is CCO[BH-](OCC)OCC.[Na+]. The van der Waals surface area contributed by atoms with Crippen molar-refractivity contribution in [2.75, 3.05) is 19.8 Å². The zero-order chi connectivity index (χ0) is 7.82.